The van der Waals surface area contributed by atoms with Gasteiger partial charge in [0, 0.05) is 25.9 Å². The summed E-state index contributed by atoms with van der Waals surface area (Å²) in [6.07, 6.45) is 1.30. The van der Waals surface area contributed by atoms with Gasteiger partial charge >= 0.3 is 5.69 Å². The highest BCUT2D eigenvalue weighted by atomic mass is 16.2. The molecule has 0 aliphatic rings. The summed E-state index contributed by atoms with van der Waals surface area (Å²) in [5.74, 6) is -0.357. The van der Waals surface area contributed by atoms with Crippen LogP contribution in [0.1, 0.15) is 5.56 Å². The average molecular weight is 364 g/mol. The third-order valence-corrected chi connectivity index (χ3v) is 4.06. The van der Waals surface area contributed by atoms with Crippen molar-refractivity contribution in [2.75, 3.05) is 17.3 Å². The highest BCUT2D eigenvalue weighted by Gasteiger charge is 2.11. The third-order valence-electron chi connectivity index (χ3n) is 4.06. The molecule has 0 unspecified atom stereocenters. The number of benzene rings is 2. The molecule has 0 spiro atoms. The number of hydrogen-bond acceptors (Lipinski definition) is 4. The summed E-state index contributed by atoms with van der Waals surface area (Å²) >= 11 is 0. The number of aromatic nitrogens is 2. The topological polar surface area (TPSA) is 87.2 Å². The van der Waals surface area contributed by atoms with E-state index in [1.54, 1.807) is 0 Å². The van der Waals surface area contributed by atoms with Crippen molar-refractivity contribution in [1.29, 1.82) is 0 Å². The van der Waals surface area contributed by atoms with Gasteiger partial charge < -0.3 is 10.2 Å². The second-order valence-corrected chi connectivity index (χ2v) is 6.15. The molecule has 3 aromatic rings. The molecule has 0 bridgehead atoms. The smallest absolute Gasteiger partial charge is 0.328 e. The standard InChI is InChI=1S/C20H20N4O3/c1-23(13-15-7-3-2-4-8-15)17-10-6-5-9-16(17)21-19(26)14-24-12-11-18(25)22-20(24)27/h2-12H,13-14H2,1H3,(H,21,26)(H,22,25,27). The highest BCUT2D eigenvalue weighted by molar-refractivity contribution is 5.94. The number of anilines is 2. The molecule has 7 nitrogen and oxygen atoms in total. The number of para-hydroxylation sites is 2. The van der Waals surface area contributed by atoms with Gasteiger partial charge in [0.2, 0.25) is 5.91 Å². The summed E-state index contributed by atoms with van der Waals surface area (Å²) in [6, 6.07) is 18.7. The molecule has 2 N–H and O–H groups in total. The van der Waals surface area contributed by atoms with E-state index in [-0.39, 0.29) is 12.5 Å². The van der Waals surface area contributed by atoms with Gasteiger partial charge in [-0.3, -0.25) is 19.1 Å². The number of nitrogens with one attached hydrogen (secondary N) is 2. The first-order chi connectivity index (χ1) is 13.0. The van der Waals surface area contributed by atoms with Gasteiger partial charge in [-0.05, 0) is 17.7 Å². The van der Waals surface area contributed by atoms with Crippen LogP contribution in [-0.2, 0) is 17.9 Å². The molecular formula is C20H20N4O3. The maximum Gasteiger partial charge on any atom is 0.328 e. The van der Waals surface area contributed by atoms with Crippen LogP contribution in [0.25, 0.3) is 0 Å². The Bertz CT molecular complexity index is 1040. The number of rotatable bonds is 6. The summed E-state index contributed by atoms with van der Waals surface area (Å²) in [5.41, 5.74) is 1.56. The van der Waals surface area contributed by atoms with E-state index < -0.39 is 11.2 Å². The van der Waals surface area contributed by atoms with Gasteiger partial charge in [0.15, 0.2) is 0 Å². The van der Waals surface area contributed by atoms with Crippen molar-refractivity contribution in [3.63, 3.8) is 0 Å². The van der Waals surface area contributed by atoms with Crippen molar-refractivity contribution in [3.8, 4) is 0 Å². The Morgan fingerprint density at radius 2 is 1.74 bits per heavy atom. The van der Waals surface area contributed by atoms with Gasteiger partial charge in [0.25, 0.3) is 5.56 Å². The van der Waals surface area contributed by atoms with Crippen LogP contribution in [0.3, 0.4) is 0 Å². The molecule has 3 rings (SSSR count). The van der Waals surface area contributed by atoms with Crippen LogP contribution >= 0.6 is 0 Å². The average Bonchev–Trinajstić information content (AvgIpc) is 2.65. The monoisotopic (exact) mass is 364 g/mol. The second-order valence-electron chi connectivity index (χ2n) is 6.15. The minimum atomic E-state index is -0.618. The first-order valence-corrected chi connectivity index (χ1v) is 8.46. The summed E-state index contributed by atoms with van der Waals surface area (Å²) in [4.78, 5) is 39.4. The van der Waals surface area contributed by atoms with Crippen LogP contribution in [-0.4, -0.2) is 22.5 Å². The van der Waals surface area contributed by atoms with E-state index in [0.29, 0.717) is 12.2 Å². The van der Waals surface area contributed by atoms with E-state index >= 15 is 0 Å². The molecule has 2 aromatic carbocycles. The molecule has 0 radical (unpaired) electrons. The number of amides is 1. The Balaban J connectivity index is 1.74. The van der Waals surface area contributed by atoms with Gasteiger partial charge in [0.1, 0.15) is 6.54 Å². The molecule has 0 saturated carbocycles. The lowest BCUT2D eigenvalue weighted by molar-refractivity contribution is -0.116. The molecule has 1 aromatic heterocycles. The SMILES string of the molecule is CN(Cc1ccccc1)c1ccccc1NC(=O)Cn1ccc(=O)[nH]c1=O. The largest absolute Gasteiger partial charge is 0.369 e. The number of H-pyrrole nitrogens is 1. The van der Waals surface area contributed by atoms with Crippen molar-refractivity contribution in [2.45, 2.75) is 13.1 Å². The lowest BCUT2D eigenvalue weighted by atomic mass is 10.2. The van der Waals surface area contributed by atoms with Crippen molar-refractivity contribution in [2.24, 2.45) is 0 Å². The molecule has 0 aliphatic carbocycles. The summed E-state index contributed by atoms with van der Waals surface area (Å²) in [6.45, 7) is 0.499. The van der Waals surface area contributed by atoms with E-state index in [4.69, 9.17) is 0 Å². The fraction of sp³-hybridized carbons (Fsp3) is 0.150. The maximum atomic E-state index is 12.4. The minimum Gasteiger partial charge on any atom is -0.369 e. The maximum absolute atomic E-state index is 12.4. The number of hydrogen-bond donors (Lipinski definition) is 2. The molecule has 7 heteroatoms. The molecular weight excluding hydrogens is 344 g/mol. The predicted octanol–water partition coefficient (Wildman–Crippen LogP) is 1.81. The molecule has 138 valence electrons. The van der Waals surface area contributed by atoms with Gasteiger partial charge in [-0.15, -0.1) is 0 Å². The zero-order chi connectivity index (χ0) is 19.2. The van der Waals surface area contributed by atoms with Crippen molar-refractivity contribution in [3.05, 3.63) is 93.3 Å². The highest BCUT2D eigenvalue weighted by Crippen LogP contribution is 2.25. The fourth-order valence-corrected chi connectivity index (χ4v) is 2.77. The van der Waals surface area contributed by atoms with Crippen LogP contribution in [0.2, 0.25) is 0 Å². The Morgan fingerprint density at radius 1 is 1.04 bits per heavy atom. The molecule has 0 fully saturated rings. The zero-order valence-corrected chi connectivity index (χ0v) is 14.9. The third kappa shape index (κ3) is 4.72. The fourth-order valence-electron chi connectivity index (χ4n) is 2.77. The van der Waals surface area contributed by atoms with E-state index in [1.807, 2.05) is 66.5 Å². The lowest BCUT2D eigenvalue weighted by Crippen LogP contribution is -2.32. The van der Waals surface area contributed by atoms with Crippen molar-refractivity contribution >= 4 is 17.3 Å². The summed E-state index contributed by atoms with van der Waals surface area (Å²) in [5, 5.41) is 2.84. The van der Waals surface area contributed by atoms with Crippen LogP contribution < -0.4 is 21.5 Å². The van der Waals surface area contributed by atoms with Crippen LogP contribution in [0.4, 0.5) is 11.4 Å². The number of nitrogens with zero attached hydrogens (tertiary/aromatic N) is 2. The lowest BCUT2D eigenvalue weighted by Gasteiger charge is -2.23. The predicted molar refractivity (Wildman–Crippen MR) is 105 cm³/mol. The van der Waals surface area contributed by atoms with Crippen LogP contribution in [0.15, 0.2) is 76.4 Å². The van der Waals surface area contributed by atoms with Crippen molar-refractivity contribution in [1.82, 2.24) is 9.55 Å². The Morgan fingerprint density at radius 3 is 2.48 bits per heavy atom. The van der Waals surface area contributed by atoms with E-state index in [0.717, 1.165) is 15.8 Å². The first-order valence-electron chi connectivity index (χ1n) is 8.46. The summed E-state index contributed by atoms with van der Waals surface area (Å²) in [7, 11) is 1.95. The van der Waals surface area contributed by atoms with Crippen LogP contribution in [0, 0.1) is 0 Å². The number of aromatic amines is 1. The van der Waals surface area contributed by atoms with E-state index in [1.165, 1.54) is 12.3 Å². The van der Waals surface area contributed by atoms with Gasteiger partial charge in [-0.2, -0.15) is 0 Å². The normalized spacial score (nSPS) is 10.4. The second kappa shape index (κ2) is 8.18. The zero-order valence-electron chi connectivity index (χ0n) is 14.9. The van der Waals surface area contributed by atoms with Gasteiger partial charge in [-0.25, -0.2) is 4.79 Å². The molecule has 1 heterocycles. The Labute approximate surface area is 155 Å². The van der Waals surface area contributed by atoms with E-state index in [9.17, 15) is 14.4 Å². The number of carbonyl (C=O) groups is 1. The Kier molecular flexibility index (Phi) is 5.51. The Hall–Kier alpha value is -3.61. The molecule has 1 amide bonds. The van der Waals surface area contributed by atoms with E-state index in [2.05, 4.69) is 10.3 Å². The molecule has 0 atom stereocenters. The van der Waals surface area contributed by atoms with Gasteiger partial charge in [-0.1, -0.05) is 42.5 Å². The quantitative estimate of drug-likeness (QED) is 0.698. The number of carbonyl (C=O) groups excluding carboxylic acids is 1. The first kappa shape index (κ1) is 18.2. The summed E-state index contributed by atoms with van der Waals surface area (Å²) < 4.78 is 1.15. The van der Waals surface area contributed by atoms with Crippen LogP contribution in [0.5, 0.6) is 0 Å². The molecule has 0 saturated heterocycles. The molecule has 27 heavy (non-hydrogen) atoms. The van der Waals surface area contributed by atoms with Gasteiger partial charge in [0.05, 0.1) is 11.4 Å². The van der Waals surface area contributed by atoms with Crippen molar-refractivity contribution < 1.29 is 4.79 Å². The minimum absolute atomic E-state index is 0.188. The molecule has 0 aliphatic heterocycles.